The fourth-order valence-corrected chi connectivity index (χ4v) is 4.50. The summed E-state index contributed by atoms with van der Waals surface area (Å²) in [6.45, 7) is 4.71. The molecule has 3 heterocycles. The number of hydrogen-bond donors (Lipinski definition) is 3. The molecular weight excluding hydrogens is 324 g/mol. The van der Waals surface area contributed by atoms with Gasteiger partial charge in [0.2, 0.25) is 5.91 Å². The van der Waals surface area contributed by atoms with Crippen molar-refractivity contribution in [3.8, 4) is 0 Å². The molecule has 0 aromatic heterocycles. The van der Waals surface area contributed by atoms with Gasteiger partial charge < -0.3 is 10.2 Å². The molecular formula is C18H25ClN4O. The third-order valence-electron chi connectivity index (χ3n) is 6.00. The van der Waals surface area contributed by atoms with E-state index in [4.69, 9.17) is 11.6 Å². The molecule has 3 N–H and O–H groups in total. The van der Waals surface area contributed by atoms with Crippen LogP contribution in [-0.2, 0) is 4.79 Å². The van der Waals surface area contributed by atoms with Crippen LogP contribution in [0.5, 0.6) is 0 Å². The van der Waals surface area contributed by atoms with Gasteiger partial charge in [0, 0.05) is 31.2 Å². The molecule has 2 unspecified atom stereocenters. The van der Waals surface area contributed by atoms with Gasteiger partial charge >= 0.3 is 0 Å². The fourth-order valence-electron chi connectivity index (χ4n) is 4.37. The van der Waals surface area contributed by atoms with Gasteiger partial charge in [-0.15, -0.1) is 0 Å². The van der Waals surface area contributed by atoms with Crippen LogP contribution in [0.3, 0.4) is 0 Å². The van der Waals surface area contributed by atoms with Gasteiger partial charge in [0.15, 0.2) is 0 Å². The lowest BCUT2D eigenvalue weighted by Gasteiger charge is -2.40. The Bertz CT molecular complexity index is 590. The van der Waals surface area contributed by atoms with Crippen LogP contribution in [0.1, 0.15) is 30.9 Å². The molecule has 3 aliphatic rings. The molecule has 0 bridgehead atoms. The summed E-state index contributed by atoms with van der Waals surface area (Å²) < 4.78 is 0. The van der Waals surface area contributed by atoms with Crippen molar-refractivity contribution in [1.29, 1.82) is 0 Å². The number of halogens is 1. The maximum absolute atomic E-state index is 13.1. The molecule has 3 fully saturated rings. The average Bonchev–Trinajstić information content (AvgIpc) is 3.26. The van der Waals surface area contributed by atoms with Crippen LogP contribution in [0.2, 0.25) is 5.02 Å². The summed E-state index contributed by atoms with van der Waals surface area (Å²) >= 11 is 5.98. The number of rotatable bonds is 2. The second kappa shape index (κ2) is 6.64. The fraction of sp³-hybridized carbons (Fsp3) is 0.611. The van der Waals surface area contributed by atoms with Gasteiger partial charge in [-0.2, -0.15) is 0 Å². The third-order valence-corrected chi connectivity index (χ3v) is 6.25. The standard InChI is InChI=1S/C18H25ClN4O/c19-14-3-1-13(2-4-14)16-15(11-21-22-16)17(24)23-9-6-18(7-10-23)5-8-20-12-18/h1-4,15-16,20-22H,5-12H2. The predicted molar refractivity (Wildman–Crippen MR) is 94.6 cm³/mol. The minimum Gasteiger partial charge on any atom is -0.342 e. The van der Waals surface area contributed by atoms with E-state index in [1.807, 2.05) is 24.3 Å². The summed E-state index contributed by atoms with van der Waals surface area (Å²) in [5, 5.41) is 4.20. The number of benzene rings is 1. The van der Waals surface area contributed by atoms with Crippen molar-refractivity contribution in [2.45, 2.75) is 25.3 Å². The van der Waals surface area contributed by atoms with Crippen LogP contribution in [-0.4, -0.2) is 43.5 Å². The van der Waals surface area contributed by atoms with Crippen LogP contribution in [0.15, 0.2) is 24.3 Å². The number of nitrogens with zero attached hydrogens (tertiary/aromatic N) is 1. The van der Waals surface area contributed by atoms with E-state index in [2.05, 4.69) is 21.1 Å². The Labute approximate surface area is 148 Å². The van der Waals surface area contributed by atoms with Crippen LogP contribution in [0.4, 0.5) is 0 Å². The lowest BCUT2D eigenvalue weighted by Crippen LogP contribution is -2.47. The molecule has 4 rings (SSSR count). The minimum atomic E-state index is -0.0538. The highest BCUT2D eigenvalue weighted by Crippen LogP contribution is 2.38. The van der Waals surface area contributed by atoms with Crippen LogP contribution >= 0.6 is 11.6 Å². The largest absolute Gasteiger partial charge is 0.342 e. The first-order valence-corrected chi connectivity index (χ1v) is 9.28. The third kappa shape index (κ3) is 3.06. The van der Waals surface area contributed by atoms with E-state index < -0.39 is 0 Å². The second-order valence-corrected chi connectivity index (χ2v) is 7.85. The average molecular weight is 349 g/mol. The Kier molecular flexibility index (Phi) is 4.52. The highest BCUT2D eigenvalue weighted by Gasteiger charge is 2.41. The molecule has 5 nitrogen and oxygen atoms in total. The number of likely N-dealkylation sites (tertiary alicyclic amines) is 1. The first-order valence-electron chi connectivity index (χ1n) is 8.90. The van der Waals surface area contributed by atoms with Crippen LogP contribution in [0.25, 0.3) is 0 Å². The number of hydrazine groups is 1. The van der Waals surface area contributed by atoms with Crippen LogP contribution < -0.4 is 16.2 Å². The normalized spacial score (nSPS) is 29.3. The molecule has 3 aliphatic heterocycles. The number of amides is 1. The Morgan fingerprint density at radius 1 is 1.17 bits per heavy atom. The van der Waals surface area contributed by atoms with Crippen molar-refractivity contribution in [2.24, 2.45) is 11.3 Å². The van der Waals surface area contributed by atoms with Gasteiger partial charge in [-0.25, -0.2) is 5.43 Å². The molecule has 1 spiro atoms. The number of carbonyl (C=O) groups is 1. The highest BCUT2D eigenvalue weighted by molar-refractivity contribution is 6.30. The van der Waals surface area contributed by atoms with Gasteiger partial charge in [-0.1, -0.05) is 23.7 Å². The summed E-state index contributed by atoms with van der Waals surface area (Å²) in [7, 11) is 0. The predicted octanol–water partition coefficient (Wildman–Crippen LogP) is 1.71. The first kappa shape index (κ1) is 16.3. The van der Waals surface area contributed by atoms with E-state index in [0.717, 1.165) is 49.6 Å². The molecule has 6 heteroatoms. The van der Waals surface area contributed by atoms with Gasteiger partial charge in [0.25, 0.3) is 0 Å². The summed E-state index contributed by atoms with van der Waals surface area (Å²) in [4.78, 5) is 15.1. The van der Waals surface area contributed by atoms with Crippen molar-refractivity contribution < 1.29 is 4.79 Å². The maximum atomic E-state index is 13.1. The zero-order chi connectivity index (χ0) is 16.6. The number of piperidine rings is 1. The molecule has 1 amide bonds. The highest BCUT2D eigenvalue weighted by atomic mass is 35.5. The van der Waals surface area contributed by atoms with Crippen molar-refractivity contribution in [2.75, 3.05) is 32.7 Å². The van der Waals surface area contributed by atoms with Gasteiger partial charge in [0.05, 0.1) is 12.0 Å². The summed E-state index contributed by atoms with van der Waals surface area (Å²) in [6, 6.07) is 7.79. The van der Waals surface area contributed by atoms with Crippen molar-refractivity contribution in [1.82, 2.24) is 21.1 Å². The summed E-state index contributed by atoms with van der Waals surface area (Å²) in [6.07, 6.45) is 3.52. The zero-order valence-corrected chi connectivity index (χ0v) is 14.6. The Morgan fingerprint density at radius 2 is 1.92 bits per heavy atom. The molecule has 24 heavy (non-hydrogen) atoms. The van der Waals surface area contributed by atoms with E-state index in [0.29, 0.717) is 12.0 Å². The lowest BCUT2D eigenvalue weighted by atomic mass is 9.77. The van der Waals surface area contributed by atoms with E-state index >= 15 is 0 Å². The molecule has 0 saturated carbocycles. The van der Waals surface area contributed by atoms with Gasteiger partial charge in [-0.05, 0) is 48.9 Å². The molecule has 1 aromatic carbocycles. The summed E-state index contributed by atoms with van der Waals surface area (Å²) in [5.74, 6) is 0.218. The quantitative estimate of drug-likeness (QED) is 0.761. The first-order chi connectivity index (χ1) is 11.7. The number of nitrogens with one attached hydrogen (secondary N) is 3. The van der Waals surface area contributed by atoms with Crippen LogP contribution in [0, 0.1) is 11.3 Å². The van der Waals surface area contributed by atoms with Gasteiger partial charge in [-0.3, -0.25) is 10.2 Å². The van der Waals surface area contributed by atoms with Crippen molar-refractivity contribution in [3.63, 3.8) is 0 Å². The Hall–Kier alpha value is -1.14. The molecule has 0 radical (unpaired) electrons. The minimum absolute atomic E-state index is 0.0128. The summed E-state index contributed by atoms with van der Waals surface area (Å²) in [5.41, 5.74) is 7.97. The second-order valence-electron chi connectivity index (χ2n) is 7.41. The van der Waals surface area contributed by atoms with E-state index in [9.17, 15) is 4.79 Å². The Balaban J connectivity index is 1.43. The molecule has 3 saturated heterocycles. The van der Waals surface area contributed by atoms with E-state index in [1.54, 1.807) is 0 Å². The Morgan fingerprint density at radius 3 is 2.58 bits per heavy atom. The van der Waals surface area contributed by atoms with E-state index in [-0.39, 0.29) is 17.9 Å². The molecule has 130 valence electrons. The smallest absolute Gasteiger partial charge is 0.229 e. The maximum Gasteiger partial charge on any atom is 0.229 e. The molecule has 0 aliphatic carbocycles. The lowest BCUT2D eigenvalue weighted by molar-refractivity contribution is -0.137. The topological polar surface area (TPSA) is 56.4 Å². The van der Waals surface area contributed by atoms with Crippen molar-refractivity contribution in [3.05, 3.63) is 34.9 Å². The van der Waals surface area contributed by atoms with Crippen molar-refractivity contribution >= 4 is 17.5 Å². The molecule has 2 atom stereocenters. The SMILES string of the molecule is O=C(C1CNNC1c1ccc(Cl)cc1)N1CCC2(CCNC2)CC1. The zero-order valence-electron chi connectivity index (χ0n) is 13.9. The van der Waals surface area contributed by atoms with E-state index in [1.165, 1.54) is 6.42 Å². The number of carbonyl (C=O) groups excluding carboxylic acids is 1. The monoisotopic (exact) mass is 348 g/mol. The molecule has 1 aromatic rings. The number of hydrogen-bond acceptors (Lipinski definition) is 4. The van der Waals surface area contributed by atoms with Gasteiger partial charge in [0.1, 0.15) is 0 Å².